The average Bonchev–Trinajstić information content (AvgIpc) is 2.82. The van der Waals surface area contributed by atoms with E-state index in [0.29, 0.717) is 17.7 Å². The van der Waals surface area contributed by atoms with Crippen molar-refractivity contribution in [2.75, 3.05) is 10.2 Å². The summed E-state index contributed by atoms with van der Waals surface area (Å²) < 4.78 is 0. The van der Waals surface area contributed by atoms with E-state index in [1.54, 1.807) is 17.0 Å². The van der Waals surface area contributed by atoms with Crippen molar-refractivity contribution in [3.63, 3.8) is 0 Å². The molecule has 98 valence electrons. The number of nitrogens with zero attached hydrogens (tertiary/aromatic N) is 1. The number of hydrogen-bond acceptors (Lipinski definition) is 2. The molecule has 4 nitrogen and oxygen atoms in total. The van der Waals surface area contributed by atoms with E-state index in [-0.39, 0.29) is 11.8 Å². The number of benzene rings is 2. The van der Waals surface area contributed by atoms with Gasteiger partial charge >= 0.3 is 0 Å². The van der Waals surface area contributed by atoms with E-state index in [4.69, 9.17) is 0 Å². The highest BCUT2D eigenvalue weighted by molar-refractivity contribution is 6.19. The second kappa shape index (κ2) is 3.93. The first-order valence-corrected chi connectivity index (χ1v) is 6.57. The third kappa shape index (κ3) is 1.42. The highest BCUT2D eigenvalue weighted by Gasteiger charge is 2.41. The minimum atomic E-state index is -0.452. The van der Waals surface area contributed by atoms with Gasteiger partial charge in [-0.2, -0.15) is 0 Å². The van der Waals surface area contributed by atoms with E-state index in [1.165, 1.54) is 0 Å². The SMILES string of the molecule is O=C1Nc2ccccc2C(=O)N2c3ccccc3CC12. The van der Waals surface area contributed by atoms with E-state index in [0.717, 1.165) is 11.3 Å². The van der Waals surface area contributed by atoms with E-state index in [1.807, 2.05) is 36.4 Å². The van der Waals surface area contributed by atoms with Gasteiger partial charge in [0.05, 0.1) is 11.3 Å². The maximum Gasteiger partial charge on any atom is 0.261 e. The van der Waals surface area contributed by atoms with Crippen LogP contribution in [0.4, 0.5) is 11.4 Å². The fourth-order valence-electron chi connectivity index (χ4n) is 2.97. The maximum absolute atomic E-state index is 12.8. The molecule has 0 spiro atoms. The smallest absolute Gasteiger partial charge is 0.261 e. The lowest BCUT2D eigenvalue weighted by Gasteiger charge is -2.21. The minimum absolute atomic E-state index is 0.117. The van der Waals surface area contributed by atoms with Gasteiger partial charge in [0.25, 0.3) is 5.91 Å². The van der Waals surface area contributed by atoms with E-state index in [9.17, 15) is 9.59 Å². The van der Waals surface area contributed by atoms with Crippen molar-refractivity contribution in [2.45, 2.75) is 12.5 Å². The molecule has 0 aromatic heterocycles. The molecule has 0 saturated heterocycles. The molecule has 2 heterocycles. The van der Waals surface area contributed by atoms with Crippen LogP contribution < -0.4 is 10.2 Å². The molecule has 4 rings (SSSR count). The molecule has 0 aliphatic carbocycles. The van der Waals surface area contributed by atoms with Crippen LogP contribution in [0.2, 0.25) is 0 Å². The van der Waals surface area contributed by atoms with Crippen LogP contribution in [0, 0.1) is 0 Å². The minimum Gasteiger partial charge on any atom is -0.324 e. The first-order chi connectivity index (χ1) is 9.75. The van der Waals surface area contributed by atoms with Crippen molar-refractivity contribution in [1.82, 2.24) is 0 Å². The van der Waals surface area contributed by atoms with Crippen molar-refractivity contribution in [3.8, 4) is 0 Å². The lowest BCUT2D eigenvalue weighted by atomic mass is 10.1. The molecule has 2 aromatic carbocycles. The molecule has 0 fully saturated rings. The van der Waals surface area contributed by atoms with Crippen molar-refractivity contribution in [3.05, 3.63) is 59.7 Å². The Morgan fingerprint density at radius 1 is 1.00 bits per heavy atom. The van der Waals surface area contributed by atoms with Gasteiger partial charge in [0, 0.05) is 12.1 Å². The standard InChI is InChI=1S/C16H12N2O2/c19-15-14-9-10-5-1-4-8-13(10)18(14)16(20)11-6-2-3-7-12(11)17-15/h1-8,14H,9H2,(H,17,19). The molecule has 0 radical (unpaired) electrons. The number of carbonyl (C=O) groups is 2. The highest BCUT2D eigenvalue weighted by Crippen LogP contribution is 2.36. The van der Waals surface area contributed by atoms with E-state index < -0.39 is 6.04 Å². The summed E-state index contributed by atoms with van der Waals surface area (Å²) in [7, 11) is 0. The van der Waals surface area contributed by atoms with Gasteiger partial charge in [0.2, 0.25) is 5.91 Å². The molecule has 2 aliphatic heterocycles. The molecule has 2 aromatic rings. The van der Waals surface area contributed by atoms with Gasteiger partial charge < -0.3 is 5.32 Å². The van der Waals surface area contributed by atoms with Crippen LogP contribution in [0.15, 0.2) is 48.5 Å². The fourth-order valence-corrected chi connectivity index (χ4v) is 2.97. The van der Waals surface area contributed by atoms with E-state index in [2.05, 4.69) is 5.32 Å². The van der Waals surface area contributed by atoms with E-state index >= 15 is 0 Å². The summed E-state index contributed by atoms with van der Waals surface area (Å²) in [6.07, 6.45) is 0.571. The number of carbonyl (C=O) groups excluding carboxylic acids is 2. The number of amides is 2. The molecule has 1 N–H and O–H groups in total. The Labute approximate surface area is 116 Å². The average molecular weight is 264 g/mol. The van der Waals surface area contributed by atoms with Crippen molar-refractivity contribution in [1.29, 1.82) is 0 Å². The first kappa shape index (κ1) is 11.2. The van der Waals surface area contributed by atoms with Gasteiger partial charge in [0.1, 0.15) is 6.04 Å². The number of fused-ring (bicyclic) bond motifs is 4. The summed E-state index contributed by atoms with van der Waals surface area (Å²) in [6, 6.07) is 14.4. The maximum atomic E-state index is 12.8. The third-order valence-electron chi connectivity index (χ3n) is 3.91. The number of hydrogen-bond donors (Lipinski definition) is 1. The predicted molar refractivity (Wildman–Crippen MR) is 75.8 cm³/mol. The Morgan fingerprint density at radius 2 is 1.75 bits per heavy atom. The van der Waals surface area contributed by atoms with Gasteiger partial charge in [-0.25, -0.2) is 0 Å². The van der Waals surface area contributed by atoms with Crippen LogP contribution in [0.1, 0.15) is 15.9 Å². The lowest BCUT2D eigenvalue weighted by Crippen LogP contribution is -2.42. The number of rotatable bonds is 0. The van der Waals surface area contributed by atoms with Gasteiger partial charge in [-0.3, -0.25) is 14.5 Å². The summed E-state index contributed by atoms with van der Waals surface area (Å²) >= 11 is 0. The first-order valence-electron chi connectivity index (χ1n) is 6.57. The van der Waals surface area contributed by atoms with Crippen LogP contribution >= 0.6 is 0 Å². The van der Waals surface area contributed by atoms with Gasteiger partial charge in [0.15, 0.2) is 0 Å². The van der Waals surface area contributed by atoms with Crippen LogP contribution in [-0.2, 0) is 11.2 Å². The van der Waals surface area contributed by atoms with Crippen molar-refractivity contribution in [2.24, 2.45) is 0 Å². The number of nitrogens with one attached hydrogen (secondary N) is 1. The largest absolute Gasteiger partial charge is 0.324 e. The second-order valence-electron chi connectivity index (χ2n) is 5.06. The molecular formula is C16H12N2O2. The summed E-state index contributed by atoms with van der Waals surface area (Å²) in [6.45, 7) is 0. The second-order valence-corrected chi connectivity index (χ2v) is 5.06. The zero-order valence-electron chi connectivity index (χ0n) is 10.7. The molecule has 1 unspecified atom stereocenters. The summed E-state index contributed by atoms with van der Waals surface area (Å²) in [5.41, 5.74) is 3.02. The summed E-state index contributed by atoms with van der Waals surface area (Å²) in [5, 5.41) is 2.86. The molecule has 2 aliphatic rings. The topological polar surface area (TPSA) is 49.4 Å². The molecule has 20 heavy (non-hydrogen) atoms. The highest BCUT2D eigenvalue weighted by atomic mass is 16.2. The molecule has 1 atom stereocenters. The molecule has 2 amide bonds. The van der Waals surface area contributed by atoms with Gasteiger partial charge in [-0.05, 0) is 23.8 Å². The lowest BCUT2D eigenvalue weighted by molar-refractivity contribution is -0.117. The van der Waals surface area contributed by atoms with Crippen LogP contribution in [0.5, 0.6) is 0 Å². The Balaban J connectivity index is 1.92. The van der Waals surface area contributed by atoms with Gasteiger partial charge in [-0.1, -0.05) is 30.3 Å². The van der Waals surface area contributed by atoms with Gasteiger partial charge in [-0.15, -0.1) is 0 Å². The monoisotopic (exact) mass is 264 g/mol. The van der Waals surface area contributed by atoms with Crippen molar-refractivity contribution >= 4 is 23.2 Å². The summed E-state index contributed by atoms with van der Waals surface area (Å²) in [5.74, 6) is -0.242. The Morgan fingerprint density at radius 3 is 2.65 bits per heavy atom. The van der Waals surface area contributed by atoms with Crippen LogP contribution in [-0.4, -0.2) is 17.9 Å². The predicted octanol–water partition coefficient (Wildman–Crippen LogP) is 2.21. The molecule has 0 saturated carbocycles. The zero-order chi connectivity index (χ0) is 13.7. The van der Waals surface area contributed by atoms with Crippen LogP contribution in [0.3, 0.4) is 0 Å². The molecular weight excluding hydrogens is 252 g/mol. The normalized spacial score (nSPS) is 19.8. The number of anilines is 2. The summed E-state index contributed by atoms with van der Waals surface area (Å²) in [4.78, 5) is 26.7. The zero-order valence-corrected chi connectivity index (χ0v) is 10.7. The third-order valence-corrected chi connectivity index (χ3v) is 3.91. The van der Waals surface area contributed by atoms with Crippen molar-refractivity contribution < 1.29 is 9.59 Å². The number of para-hydroxylation sites is 2. The Bertz CT molecular complexity index is 739. The molecule has 0 bridgehead atoms. The Hall–Kier alpha value is -2.62. The van der Waals surface area contributed by atoms with Crippen LogP contribution in [0.25, 0.3) is 0 Å². The quantitative estimate of drug-likeness (QED) is 0.793. The molecule has 4 heteroatoms. The fraction of sp³-hybridized carbons (Fsp3) is 0.125. The Kier molecular flexibility index (Phi) is 2.21.